The highest BCUT2D eigenvalue weighted by atomic mass is 79.9. The molecule has 3 rings (SSSR count). The van der Waals surface area contributed by atoms with Crippen LogP contribution in [0.15, 0.2) is 34.1 Å². The minimum absolute atomic E-state index is 0.268. The third kappa shape index (κ3) is 7.86. The molecule has 1 aromatic heterocycles. The number of esters is 4. The second-order valence-corrected chi connectivity index (χ2v) is 11.2. The summed E-state index contributed by atoms with van der Waals surface area (Å²) in [7, 11) is 0. The summed E-state index contributed by atoms with van der Waals surface area (Å²) in [6.45, 7) is 6.58. The number of hydrogen-bond donors (Lipinski definition) is 0. The monoisotopic (exact) mass is 596 g/mol. The first-order valence-corrected chi connectivity index (χ1v) is 13.2. The standard InChI is InChI=1S/C26H29BrO9S/c1-13-6-7-18(10-19(13)11-20-8-9-22(27)37-20)23-25(34-16(4)30)26(35-17(5)31)24(33-15(3)29)21(36-23)12-32-14(2)28/h6-10,21,23-26H,11-12H2,1-5H3/t21-,23+,24-,25+,26+/m1/s1. The minimum atomic E-state index is -1.21. The second-order valence-electron chi connectivity index (χ2n) is 8.69. The van der Waals surface area contributed by atoms with Gasteiger partial charge >= 0.3 is 23.9 Å². The van der Waals surface area contributed by atoms with Crippen molar-refractivity contribution in [1.82, 2.24) is 0 Å². The highest BCUT2D eigenvalue weighted by Crippen LogP contribution is 2.38. The Morgan fingerprint density at radius 3 is 2.05 bits per heavy atom. The van der Waals surface area contributed by atoms with E-state index in [1.54, 1.807) is 11.3 Å². The van der Waals surface area contributed by atoms with E-state index in [4.69, 9.17) is 23.7 Å². The van der Waals surface area contributed by atoms with Crippen LogP contribution in [-0.4, -0.2) is 54.9 Å². The Morgan fingerprint density at radius 2 is 1.49 bits per heavy atom. The minimum Gasteiger partial charge on any atom is -0.463 e. The molecule has 1 fully saturated rings. The molecule has 2 aromatic rings. The number of carbonyl (C=O) groups is 4. The molecule has 1 aromatic carbocycles. The summed E-state index contributed by atoms with van der Waals surface area (Å²) >= 11 is 5.12. The zero-order valence-corrected chi connectivity index (χ0v) is 23.6. The van der Waals surface area contributed by atoms with Crippen LogP contribution in [-0.2, 0) is 49.3 Å². The van der Waals surface area contributed by atoms with Crippen LogP contribution in [0.3, 0.4) is 0 Å². The lowest BCUT2D eigenvalue weighted by molar-refractivity contribution is -0.254. The molecule has 0 saturated carbocycles. The molecule has 37 heavy (non-hydrogen) atoms. The van der Waals surface area contributed by atoms with Gasteiger partial charge in [0.25, 0.3) is 0 Å². The van der Waals surface area contributed by atoms with Crippen LogP contribution < -0.4 is 0 Å². The molecular weight excluding hydrogens is 568 g/mol. The first-order valence-electron chi connectivity index (χ1n) is 11.6. The van der Waals surface area contributed by atoms with Gasteiger partial charge in [-0.15, -0.1) is 11.3 Å². The SMILES string of the molecule is CC(=O)OC[C@H]1O[C@@H](c2ccc(C)c(Cc3ccc(Br)s3)c2)[C@H](OC(C)=O)[C@@H](OC(C)=O)[C@@H]1OC(C)=O. The van der Waals surface area contributed by atoms with Crippen LogP contribution >= 0.6 is 27.3 Å². The number of benzene rings is 1. The largest absolute Gasteiger partial charge is 0.463 e. The number of aryl methyl sites for hydroxylation is 1. The van der Waals surface area contributed by atoms with E-state index in [0.29, 0.717) is 12.0 Å². The molecule has 0 bridgehead atoms. The molecule has 0 amide bonds. The highest BCUT2D eigenvalue weighted by Gasteiger charge is 2.52. The maximum absolute atomic E-state index is 12.1. The molecule has 0 N–H and O–H groups in total. The van der Waals surface area contributed by atoms with Gasteiger partial charge in [0, 0.05) is 39.0 Å². The van der Waals surface area contributed by atoms with E-state index in [0.717, 1.165) is 19.8 Å². The number of hydrogen-bond acceptors (Lipinski definition) is 10. The predicted molar refractivity (Wildman–Crippen MR) is 137 cm³/mol. The fourth-order valence-corrected chi connectivity index (χ4v) is 5.70. The van der Waals surface area contributed by atoms with Gasteiger partial charge in [-0.05, 0) is 51.7 Å². The van der Waals surface area contributed by atoms with Gasteiger partial charge in [0.05, 0.1) is 3.79 Å². The molecule has 5 atom stereocenters. The topological polar surface area (TPSA) is 114 Å². The van der Waals surface area contributed by atoms with Crippen molar-refractivity contribution in [3.63, 3.8) is 0 Å². The molecule has 9 nitrogen and oxygen atoms in total. The van der Waals surface area contributed by atoms with Gasteiger partial charge in [-0.2, -0.15) is 0 Å². The number of thiophene rings is 1. The smallest absolute Gasteiger partial charge is 0.303 e. The maximum atomic E-state index is 12.1. The molecule has 200 valence electrons. The summed E-state index contributed by atoms with van der Waals surface area (Å²) < 4.78 is 29.1. The number of halogens is 1. The Morgan fingerprint density at radius 1 is 0.865 bits per heavy atom. The maximum Gasteiger partial charge on any atom is 0.303 e. The Bertz CT molecular complexity index is 1160. The summed E-state index contributed by atoms with van der Waals surface area (Å²) in [5.41, 5.74) is 2.74. The van der Waals surface area contributed by atoms with Crippen LogP contribution in [0.4, 0.5) is 0 Å². The van der Waals surface area contributed by atoms with Crippen molar-refractivity contribution in [3.8, 4) is 0 Å². The molecule has 11 heteroatoms. The Labute approximate surface area is 227 Å². The van der Waals surface area contributed by atoms with Crippen LogP contribution in [0.25, 0.3) is 0 Å². The lowest BCUT2D eigenvalue weighted by Crippen LogP contribution is -2.59. The summed E-state index contributed by atoms with van der Waals surface area (Å²) in [6, 6.07) is 9.74. The van der Waals surface area contributed by atoms with Crippen molar-refractivity contribution in [2.24, 2.45) is 0 Å². The molecule has 0 unspecified atom stereocenters. The number of rotatable bonds is 8. The average molecular weight is 597 g/mol. The molecule has 0 radical (unpaired) electrons. The number of carbonyl (C=O) groups excluding carboxylic acids is 4. The van der Waals surface area contributed by atoms with Crippen molar-refractivity contribution >= 4 is 51.1 Å². The van der Waals surface area contributed by atoms with Gasteiger partial charge in [0.15, 0.2) is 18.3 Å². The van der Waals surface area contributed by atoms with Crippen molar-refractivity contribution < 1.29 is 42.9 Å². The lowest BCUT2D eigenvalue weighted by atomic mass is 9.88. The Hall–Kier alpha value is -2.76. The van der Waals surface area contributed by atoms with Crippen LogP contribution in [0.2, 0.25) is 0 Å². The van der Waals surface area contributed by atoms with E-state index in [1.807, 2.05) is 37.3 Å². The quantitative estimate of drug-likeness (QED) is 0.326. The normalized spacial score (nSPS) is 23.1. The van der Waals surface area contributed by atoms with Crippen LogP contribution in [0.5, 0.6) is 0 Å². The molecule has 2 heterocycles. The van der Waals surface area contributed by atoms with Gasteiger partial charge in [0.1, 0.15) is 18.8 Å². The van der Waals surface area contributed by atoms with Crippen LogP contribution in [0, 0.1) is 6.92 Å². The molecule has 1 saturated heterocycles. The number of ether oxygens (including phenoxy) is 5. The average Bonchev–Trinajstić information content (AvgIpc) is 3.20. The van der Waals surface area contributed by atoms with Crippen molar-refractivity contribution in [2.45, 2.75) is 71.6 Å². The van der Waals surface area contributed by atoms with E-state index < -0.39 is 54.4 Å². The third-order valence-electron chi connectivity index (χ3n) is 5.69. The highest BCUT2D eigenvalue weighted by molar-refractivity contribution is 9.11. The second kappa shape index (κ2) is 12.7. The van der Waals surface area contributed by atoms with E-state index in [2.05, 4.69) is 15.9 Å². The van der Waals surface area contributed by atoms with E-state index in [1.165, 1.54) is 27.7 Å². The zero-order chi connectivity index (χ0) is 27.3. The Kier molecular flexibility index (Phi) is 9.86. The molecule has 0 aliphatic carbocycles. The predicted octanol–water partition coefficient (Wildman–Crippen LogP) is 4.21. The van der Waals surface area contributed by atoms with Crippen molar-refractivity contribution in [1.29, 1.82) is 0 Å². The van der Waals surface area contributed by atoms with Crippen LogP contribution in [0.1, 0.15) is 55.4 Å². The van der Waals surface area contributed by atoms with Crippen molar-refractivity contribution in [2.75, 3.05) is 6.61 Å². The van der Waals surface area contributed by atoms with E-state index >= 15 is 0 Å². The molecule has 0 spiro atoms. The fourth-order valence-electron chi connectivity index (χ4n) is 4.19. The van der Waals surface area contributed by atoms with Gasteiger partial charge in [0.2, 0.25) is 0 Å². The third-order valence-corrected chi connectivity index (χ3v) is 7.31. The van der Waals surface area contributed by atoms with Gasteiger partial charge in [-0.1, -0.05) is 18.2 Å². The molecular formula is C26H29BrO9S. The van der Waals surface area contributed by atoms with E-state index in [-0.39, 0.29) is 6.61 Å². The van der Waals surface area contributed by atoms with Gasteiger partial charge in [-0.3, -0.25) is 19.2 Å². The van der Waals surface area contributed by atoms with E-state index in [9.17, 15) is 19.2 Å². The lowest BCUT2D eigenvalue weighted by Gasteiger charge is -2.44. The van der Waals surface area contributed by atoms with Crippen molar-refractivity contribution in [3.05, 3.63) is 55.7 Å². The van der Waals surface area contributed by atoms with Gasteiger partial charge < -0.3 is 23.7 Å². The molecule has 1 aliphatic heterocycles. The van der Waals surface area contributed by atoms with Gasteiger partial charge in [-0.25, -0.2) is 0 Å². The first kappa shape index (κ1) is 28.8. The summed E-state index contributed by atoms with van der Waals surface area (Å²) in [6.07, 6.45) is -4.76. The Balaban J connectivity index is 2.06. The summed E-state index contributed by atoms with van der Waals surface area (Å²) in [5, 5.41) is 0. The zero-order valence-electron chi connectivity index (χ0n) is 21.1. The summed E-state index contributed by atoms with van der Waals surface area (Å²) in [5.74, 6) is -2.53. The fraction of sp³-hybridized carbons (Fsp3) is 0.462. The first-order chi connectivity index (χ1) is 17.4. The summed E-state index contributed by atoms with van der Waals surface area (Å²) in [4.78, 5) is 48.8. The molecule has 1 aliphatic rings.